The van der Waals surface area contributed by atoms with Crippen molar-refractivity contribution in [3.05, 3.63) is 24.0 Å². The van der Waals surface area contributed by atoms with E-state index in [1.54, 1.807) is 11.8 Å². The standard InChI is InChI=1S/C14H21FN2OS/c1-4-9(2)8-19-10(3)14(18)17-11-5-6-12(15)13(16)7-11/h5-7,9-10H,4,8,16H2,1-3H3,(H,17,18). The van der Waals surface area contributed by atoms with E-state index < -0.39 is 5.82 Å². The van der Waals surface area contributed by atoms with Crippen molar-refractivity contribution in [2.75, 3.05) is 16.8 Å². The third kappa shape index (κ3) is 5.11. The Hall–Kier alpha value is -1.23. The lowest BCUT2D eigenvalue weighted by molar-refractivity contribution is -0.115. The van der Waals surface area contributed by atoms with Crippen LogP contribution in [-0.4, -0.2) is 16.9 Å². The van der Waals surface area contributed by atoms with Gasteiger partial charge in [-0.2, -0.15) is 0 Å². The second-order valence-electron chi connectivity index (χ2n) is 4.71. The van der Waals surface area contributed by atoms with E-state index in [4.69, 9.17) is 5.73 Å². The number of thioether (sulfide) groups is 1. The largest absolute Gasteiger partial charge is 0.396 e. The first-order valence-electron chi connectivity index (χ1n) is 6.41. The molecule has 0 saturated carbocycles. The highest BCUT2D eigenvalue weighted by molar-refractivity contribution is 8.00. The Balaban J connectivity index is 2.51. The lowest BCUT2D eigenvalue weighted by Crippen LogP contribution is -2.23. The summed E-state index contributed by atoms with van der Waals surface area (Å²) in [6, 6.07) is 4.19. The van der Waals surface area contributed by atoms with Gasteiger partial charge in [0.25, 0.3) is 0 Å². The van der Waals surface area contributed by atoms with Crippen molar-refractivity contribution in [3.63, 3.8) is 0 Å². The Kier molecular flexibility index (Phi) is 6.15. The fraction of sp³-hybridized carbons (Fsp3) is 0.500. The minimum absolute atomic E-state index is 0.0395. The lowest BCUT2D eigenvalue weighted by atomic mass is 10.2. The minimum atomic E-state index is -0.475. The Bertz CT molecular complexity index is 439. The molecule has 0 saturated heterocycles. The maximum Gasteiger partial charge on any atom is 0.237 e. The van der Waals surface area contributed by atoms with Crippen molar-refractivity contribution in [3.8, 4) is 0 Å². The fourth-order valence-electron chi connectivity index (χ4n) is 1.37. The molecule has 0 aliphatic carbocycles. The van der Waals surface area contributed by atoms with Crippen molar-refractivity contribution in [1.29, 1.82) is 0 Å². The van der Waals surface area contributed by atoms with Gasteiger partial charge in [-0.3, -0.25) is 4.79 Å². The zero-order valence-corrected chi connectivity index (χ0v) is 12.4. The van der Waals surface area contributed by atoms with Crippen LogP contribution in [0.3, 0.4) is 0 Å². The van der Waals surface area contributed by atoms with Crippen molar-refractivity contribution in [1.82, 2.24) is 0 Å². The summed E-state index contributed by atoms with van der Waals surface area (Å²) in [7, 11) is 0. The molecule has 106 valence electrons. The van der Waals surface area contributed by atoms with Gasteiger partial charge < -0.3 is 11.1 Å². The summed E-state index contributed by atoms with van der Waals surface area (Å²) in [5.74, 6) is 0.995. The molecule has 1 aromatic rings. The number of hydrogen-bond donors (Lipinski definition) is 2. The van der Waals surface area contributed by atoms with Gasteiger partial charge in [-0.25, -0.2) is 4.39 Å². The quantitative estimate of drug-likeness (QED) is 0.786. The van der Waals surface area contributed by atoms with Gasteiger partial charge in [0.2, 0.25) is 5.91 Å². The molecule has 2 atom stereocenters. The second kappa shape index (κ2) is 7.38. The number of amides is 1. The molecule has 0 spiro atoms. The maximum atomic E-state index is 13.0. The van der Waals surface area contributed by atoms with Gasteiger partial charge in [-0.15, -0.1) is 11.8 Å². The summed E-state index contributed by atoms with van der Waals surface area (Å²) >= 11 is 1.63. The summed E-state index contributed by atoms with van der Waals surface area (Å²) < 4.78 is 13.0. The summed E-state index contributed by atoms with van der Waals surface area (Å²) in [6.07, 6.45) is 1.11. The van der Waals surface area contributed by atoms with Gasteiger partial charge in [0.1, 0.15) is 5.82 Å². The van der Waals surface area contributed by atoms with Crippen molar-refractivity contribution >= 4 is 29.0 Å². The molecule has 0 aliphatic heterocycles. The van der Waals surface area contributed by atoms with E-state index in [2.05, 4.69) is 19.2 Å². The molecular formula is C14H21FN2OS. The van der Waals surface area contributed by atoms with Crippen LogP contribution in [0.2, 0.25) is 0 Å². The first kappa shape index (κ1) is 15.8. The van der Waals surface area contributed by atoms with Crippen LogP contribution in [0, 0.1) is 11.7 Å². The van der Waals surface area contributed by atoms with E-state index in [1.807, 2.05) is 6.92 Å². The average Bonchev–Trinajstić information content (AvgIpc) is 2.39. The summed E-state index contributed by atoms with van der Waals surface area (Å²) in [5.41, 5.74) is 6.02. The van der Waals surface area contributed by atoms with Crippen LogP contribution in [0.1, 0.15) is 27.2 Å². The zero-order chi connectivity index (χ0) is 14.4. The third-order valence-electron chi connectivity index (χ3n) is 2.96. The van der Waals surface area contributed by atoms with Crippen LogP contribution < -0.4 is 11.1 Å². The zero-order valence-electron chi connectivity index (χ0n) is 11.6. The molecule has 0 aromatic heterocycles. The predicted octanol–water partition coefficient (Wildman–Crippen LogP) is 3.51. The molecule has 1 aromatic carbocycles. The molecular weight excluding hydrogens is 263 g/mol. The highest BCUT2D eigenvalue weighted by atomic mass is 32.2. The smallest absolute Gasteiger partial charge is 0.237 e. The highest BCUT2D eigenvalue weighted by Gasteiger charge is 2.15. The molecule has 0 aliphatic rings. The number of anilines is 2. The minimum Gasteiger partial charge on any atom is -0.396 e. The van der Waals surface area contributed by atoms with Crippen LogP contribution in [0.5, 0.6) is 0 Å². The van der Waals surface area contributed by atoms with E-state index in [0.29, 0.717) is 11.6 Å². The molecule has 0 bridgehead atoms. The van der Waals surface area contributed by atoms with Gasteiger partial charge in [-0.05, 0) is 36.8 Å². The molecule has 19 heavy (non-hydrogen) atoms. The number of carbonyl (C=O) groups is 1. The molecule has 0 fully saturated rings. The van der Waals surface area contributed by atoms with Gasteiger partial charge in [0.05, 0.1) is 10.9 Å². The molecule has 3 nitrogen and oxygen atoms in total. The average molecular weight is 284 g/mol. The van der Waals surface area contributed by atoms with E-state index in [0.717, 1.165) is 12.2 Å². The van der Waals surface area contributed by atoms with Crippen LogP contribution in [-0.2, 0) is 4.79 Å². The Morgan fingerprint density at radius 1 is 1.47 bits per heavy atom. The first-order chi connectivity index (χ1) is 8.93. The monoisotopic (exact) mass is 284 g/mol. The number of carbonyl (C=O) groups excluding carboxylic acids is 1. The second-order valence-corrected chi connectivity index (χ2v) is 6.09. The number of nitrogens with one attached hydrogen (secondary N) is 1. The number of rotatable bonds is 6. The van der Waals surface area contributed by atoms with Gasteiger partial charge in [0.15, 0.2) is 0 Å². The van der Waals surface area contributed by atoms with E-state index in [1.165, 1.54) is 18.2 Å². The van der Waals surface area contributed by atoms with E-state index >= 15 is 0 Å². The number of halogens is 1. The Labute approximate surface area is 118 Å². The highest BCUT2D eigenvalue weighted by Crippen LogP contribution is 2.20. The van der Waals surface area contributed by atoms with E-state index in [-0.39, 0.29) is 16.8 Å². The Morgan fingerprint density at radius 2 is 2.16 bits per heavy atom. The Morgan fingerprint density at radius 3 is 2.74 bits per heavy atom. The van der Waals surface area contributed by atoms with Gasteiger partial charge >= 0.3 is 0 Å². The van der Waals surface area contributed by atoms with Crippen LogP contribution >= 0.6 is 11.8 Å². The normalized spacial score (nSPS) is 13.9. The summed E-state index contributed by atoms with van der Waals surface area (Å²) in [5, 5.41) is 2.61. The topological polar surface area (TPSA) is 55.1 Å². The molecule has 0 radical (unpaired) electrons. The third-order valence-corrected chi connectivity index (χ3v) is 4.44. The number of nitrogens with two attached hydrogens (primary N) is 1. The molecule has 2 unspecified atom stereocenters. The van der Waals surface area contributed by atoms with Crippen LogP contribution in [0.25, 0.3) is 0 Å². The number of benzene rings is 1. The number of hydrogen-bond acceptors (Lipinski definition) is 3. The predicted molar refractivity (Wildman–Crippen MR) is 80.8 cm³/mol. The molecule has 5 heteroatoms. The SMILES string of the molecule is CCC(C)CSC(C)C(=O)Nc1ccc(F)c(N)c1. The summed E-state index contributed by atoms with van der Waals surface area (Å²) in [6.45, 7) is 6.17. The molecule has 1 rings (SSSR count). The van der Waals surface area contributed by atoms with Crippen LogP contribution in [0.4, 0.5) is 15.8 Å². The van der Waals surface area contributed by atoms with Crippen molar-refractivity contribution < 1.29 is 9.18 Å². The van der Waals surface area contributed by atoms with Gasteiger partial charge in [-0.1, -0.05) is 20.3 Å². The van der Waals surface area contributed by atoms with Crippen LogP contribution in [0.15, 0.2) is 18.2 Å². The first-order valence-corrected chi connectivity index (χ1v) is 7.46. The van der Waals surface area contributed by atoms with E-state index in [9.17, 15) is 9.18 Å². The van der Waals surface area contributed by atoms with Crippen molar-refractivity contribution in [2.24, 2.45) is 5.92 Å². The fourth-order valence-corrected chi connectivity index (χ4v) is 2.43. The molecule has 1 amide bonds. The molecule has 3 N–H and O–H groups in total. The number of nitrogen functional groups attached to an aromatic ring is 1. The summed E-state index contributed by atoms with van der Waals surface area (Å²) in [4.78, 5) is 11.9. The van der Waals surface area contributed by atoms with Gasteiger partial charge in [0, 0.05) is 5.69 Å². The molecule has 0 heterocycles. The van der Waals surface area contributed by atoms with Crippen molar-refractivity contribution in [2.45, 2.75) is 32.4 Å². The maximum absolute atomic E-state index is 13.0. The lowest BCUT2D eigenvalue weighted by Gasteiger charge is -2.14.